The highest BCUT2D eigenvalue weighted by Crippen LogP contribution is 2.19. The van der Waals surface area contributed by atoms with Crippen molar-refractivity contribution in [3.8, 4) is 0 Å². The molecule has 1 aliphatic heterocycles. The van der Waals surface area contributed by atoms with Crippen LogP contribution in [0.2, 0.25) is 0 Å². The summed E-state index contributed by atoms with van der Waals surface area (Å²) >= 11 is 0. The maximum absolute atomic E-state index is 11.8. The molecule has 0 aromatic heterocycles. The number of nitrogens with one attached hydrogen (secondary N) is 2. The first-order chi connectivity index (χ1) is 10.2. The van der Waals surface area contributed by atoms with Crippen LogP contribution in [0.15, 0.2) is 0 Å². The number of esters is 1. The third-order valence-corrected chi connectivity index (χ3v) is 3.98. The van der Waals surface area contributed by atoms with Crippen molar-refractivity contribution in [2.75, 3.05) is 46.9 Å². The fraction of sp³-hybridized carbons (Fsp3) is 0.867. The molecule has 0 unspecified atom stereocenters. The largest absolute Gasteiger partial charge is 0.469 e. The topological polar surface area (TPSA) is 70.7 Å². The van der Waals surface area contributed by atoms with E-state index >= 15 is 0 Å². The first-order valence-electron chi connectivity index (χ1n) is 7.86. The average molecular weight is 299 g/mol. The van der Waals surface area contributed by atoms with E-state index in [1.54, 1.807) is 0 Å². The van der Waals surface area contributed by atoms with Gasteiger partial charge in [-0.1, -0.05) is 0 Å². The number of carbonyl (C=O) groups is 2. The van der Waals surface area contributed by atoms with E-state index in [0.717, 1.165) is 25.6 Å². The monoisotopic (exact) mass is 299 g/mol. The summed E-state index contributed by atoms with van der Waals surface area (Å²) in [6.45, 7) is 4.09. The van der Waals surface area contributed by atoms with Gasteiger partial charge >= 0.3 is 5.97 Å². The molecule has 1 rings (SSSR count). The summed E-state index contributed by atoms with van der Waals surface area (Å²) < 4.78 is 4.55. The minimum absolute atomic E-state index is 0.0496. The van der Waals surface area contributed by atoms with Gasteiger partial charge in [0.1, 0.15) is 0 Å². The highest BCUT2D eigenvalue weighted by Gasteiger charge is 2.20. The van der Waals surface area contributed by atoms with Crippen molar-refractivity contribution >= 4 is 11.9 Å². The van der Waals surface area contributed by atoms with E-state index in [1.165, 1.54) is 26.4 Å². The predicted octanol–water partition coefficient (Wildman–Crippen LogP) is 0.377. The highest BCUT2D eigenvalue weighted by molar-refractivity contribution is 5.78. The fourth-order valence-corrected chi connectivity index (χ4v) is 2.60. The van der Waals surface area contributed by atoms with Crippen molar-refractivity contribution < 1.29 is 14.3 Å². The van der Waals surface area contributed by atoms with Crippen molar-refractivity contribution in [3.05, 3.63) is 0 Å². The van der Waals surface area contributed by atoms with Crippen LogP contribution in [0.25, 0.3) is 0 Å². The minimum atomic E-state index is -0.229. The number of rotatable bonds is 9. The van der Waals surface area contributed by atoms with Gasteiger partial charge in [-0.15, -0.1) is 0 Å². The Bertz CT molecular complexity index is 315. The molecular formula is C15H29N3O3. The number of piperidine rings is 1. The average Bonchev–Trinajstić information content (AvgIpc) is 2.50. The molecule has 1 amide bonds. The first-order valence-corrected chi connectivity index (χ1v) is 7.86. The molecule has 0 saturated carbocycles. The predicted molar refractivity (Wildman–Crippen MR) is 82.0 cm³/mol. The first kappa shape index (κ1) is 17.9. The van der Waals surface area contributed by atoms with Crippen LogP contribution in [0.1, 0.15) is 32.1 Å². The SMILES string of the molecule is CNCCC1CCN(CC(=O)NCCCC(=O)OC)CC1. The molecule has 122 valence electrons. The Morgan fingerprint density at radius 2 is 1.95 bits per heavy atom. The van der Waals surface area contributed by atoms with Gasteiger partial charge in [-0.05, 0) is 58.3 Å². The number of amides is 1. The normalized spacial score (nSPS) is 16.7. The van der Waals surface area contributed by atoms with Gasteiger partial charge in [-0.2, -0.15) is 0 Å². The summed E-state index contributed by atoms with van der Waals surface area (Å²) in [6, 6.07) is 0. The van der Waals surface area contributed by atoms with Gasteiger partial charge in [0.25, 0.3) is 0 Å². The molecule has 0 aromatic carbocycles. The van der Waals surface area contributed by atoms with Crippen molar-refractivity contribution in [2.24, 2.45) is 5.92 Å². The van der Waals surface area contributed by atoms with Gasteiger partial charge in [0.15, 0.2) is 0 Å². The second-order valence-electron chi connectivity index (χ2n) is 5.64. The maximum atomic E-state index is 11.8. The van der Waals surface area contributed by atoms with Gasteiger partial charge < -0.3 is 15.4 Å². The number of nitrogens with zero attached hydrogens (tertiary/aromatic N) is 1. The molecule has 2 N–H and O–H groups in total. The Balaban J connectivity index is 2.06. The second-order valence-corrected chi connectivity index (χ2v) is 5.64. The molecule has 1 saturated heterocycles. The summed E-state index contributed by atoms with van der Waals surface area (Å²) in [5.41, 5.74) is 0. The molecular weight excluding hydrogens is 270 g/mol. The molecule has 0 aromatic rings. The van der Waals surface area contributed by atoms with E-state index in [2.05, 4.69) is 20.3 Å². The minimum Gasteiger partial charge on any atom is -0.469 e. The molecule has 0 radical (unpaired) electrons. The molecule has 0 spiro atoms. The zero-order valence-electron chi connectivity index (χ0n) is 13.3. The Morgan fingerprint density at radius 1 is 1.24 bits per heavy atom. The van der Waals surface area contributed by atoms with Crippen LogP contribution in [0.3, 0.4) is 0 Å². The van der Waals surface area contributed by atoms with E-state index in [1.807, 2.05) is 7.05 Å². The summed E-state index contributed by atoms with van der Waals surface area (Å²) in [6.07, 6.45) is 4.57. The van der Waals surface area contributed by atoms with Gasteiger partial charge in [-0.25, -0.2) is 0 Å². The third-order valence-electron chi connectivity index (χ3n) is 3.98. The number of ether oxygens (including phenoxy) is 1. The van der Waals surface area contributed by atoms with E-state index in [0.29, 0.717) is 25.9 Å². The number of hydrogen-bond donors (Lipinski definition) is 2. The standard InChI is InChI=1S/C15H29N3O3/c1-16-9-5-13-6-10-18(11-7-13)12-14(19)17-8-3-4-15(20)21-2/h13,16H,3-12H2,1-2H3,(H,17,19). The van der Waals surface area contributed by atoms with E-state index < -0.39 is 0 Å². The Labute approximate surface area is 127 Å². The maximum Gasteiger partial charge on any atom is 0.305 e. The van der Waals surface area contributed by atoms with E-state index in [9.17, 15) is 9.59 Å². The molecule has 1 fully saturated rings. The Hall–Kier alpha value is -1.14. The number of carbonyl (C=O) groups excluding carboxylic acids is 2. The van der Waals surface area contributed by atoms with Crippen LogP contribution in [0.4, 0.5) is 0 Å². The molecule has 0 bridgehead atoms. The lowest BCUT2D eigenvalue weighted by molar-refractivity contribution is -0.140. The fourth-order valence-electron chi connectivity index (χ4n) is 2.60. The van der Waals surface area contributed by atoms with Crippen molar-refractivity contribution in [3.63, 3.8) is 0 Å². The van der Waals surface area contributed by atoms with Gasteiger partial charge in [0, 0.05) is 13.0 Å². The van der Waals surface area contributed by atoms with Crippen LogP contribution in [-0.2, 0) is 14.3 Å². The lowest BCUT2D eigenvalue weighted by Gasteiger charge is -2.31. The van der Waals surface area contributed by atoms with Crippen LogP contribution in [0, 0.1) is 5.92 Å². The molecule has 0 aliphatic carbocycles. The van der Waals surface area contributed by atoms with E-state index in [-0.39, 0.29) is 11.9 Å². The van der Waals surface area contributed by atoms with Crippen molar-refractivity contribution in [2.45, 2.75) is 32.1 Å². The van der Waals surface area contributed by atoms with Crippen LogP contribution < -0.4 is 10.6 Å². The lowest BCUT2D eigenvalue weighted by atomic mass is 9.93. The summed E-state index contributed by atoms with van der Waals surface area (Å²) in [5.74, 6) is 0.609. The van der Waals surface area contributed by atoms with Crippen molar-refractivity contribution in [1.29, 1.82) is 0 Å². The lowest BCUT2D eigenvalue weighted by Crippen LogP contribution is -2.42. The molecule has 1 aliphatic rings. The number of methoxy groups -OCH3 is 1. The zero-order chi connectivity index (χ0) is 15.5. The molecule has 21 heavy (non-hydrogen) atoms. The number of likely N-dealkylation sites (tertiary alicyclic amines) is 1. The highest BCUT2D eigenvalue weighted by atomic mass is 16.5. The smallest absolute Gasteiger partial charge is 0.305 e. The van der Waals surface area contributed by atoms with Crippen LogP contribution >= 0.6 is 0 Å². The Morgan fingerprint density at radius 3 is 2.57 bits per heavy atom. The summed E-state index contributed by atoms with van der Waals surface area (Å²) in [4.78, 5) is 24.9. The van der Waals surface area contributed by atoms with Gasteiger partial charge in [0.05, 0.1) is 13.7 Å². The van der Waals surface area contributed by atoms with Gasteiger partial charge in [-0.3, -0.25) is 14.5 Å². The zero-order valence-corrected chi connectivity index (χ0v) is 13.3. The van der Waals surface area contributed by atoms with Crippen LogP contribution in [-0.4, -0.2) is 63.7 Å². The third kappa shape index (κ3) is 8.02. The quantitative estimate of drug-likeness (QED) is 0.476. The summed E-state index contributed by atoms with van der Waals surface area (Å²) in [7, 11) is 3.36. The van der Waals surface area contributed by atoms with E-state index in [4.69, 9.17) is 0 Å². The summed E-state index contributed by atoms with van der Waals surface area (Å²) in [5, 5.41) is 6.05. The van der Waals surface area contributed by atoms with Gasteiger partial charge in [0.2, 0.25) is 5.91 Å². The second kappa shape index (κ2) is 10.6. The van der Waals surface area contributed by atoms with Crippen LogP contribution in [0.5, 0.6) is 0 Å². The van der Waals surface area contributed by atoms with Crippen molar-refractivity contribution in [1.82, 2.24) is 15.5 Å². The molecule has 6 heteroatoms. The Kier molecular flexibility index (Phi) is 9.01. The molecule has 1 heterocycles. The molecule has 0 atom stereocenters. The number of hydrogen-bond acceptors (Lipinski definition) is 5. The molecule has 6 nitrogen and oxygen atoms in total.